The molecule has 28 heavy (non-hydrogen) atoms. The Hall–Kier alpha value is -2.13. The van der Waals surface area contributed by atoms with Crippen molar-refractivity contribution in [2.75, 3.05) is 33.1 Å². The molecule has 2 aliphatic rings. The largest absolute Gasteiger partial charge is 0.495 e. The van der Waals surface area contributed by atoms with Crippen LogP contribution < -0.4 is 10.1 Å². The molecule has 1 aromatic carbocycles. The molecule has 0 spiro atoms. The van der Waals surface area contributed by atoms with Crippen LogP contribution >= 0.6 is 0 Å². The number of likely N-dealkylation sites (tertiary alicyclic amines) is 1. The van der Waals surface area contributed by atoms with E-state index >= 15 is 0 Å². The van der Waals surface area contributed by atoms with Crippen molar-refractivity contribution in [1.29, 1.82) is 0 Å². The first-order valence-corrected chi connectivity index (χ1v) is 10.9. The predicted octanol–water partition coefficient (Wildman–Crippen LogP) is 1.68. The summed E-state index contributed by atoms with van der Waals surface area (Å²) < 4.78 is 31.1. The van der Waals surface area contributed by atoms with Crippen LogP contribution in [0.2, 0.25) is 0 Å². The maximum atomic E-state index is 12.8. The van der Waals surface area contributed by atoms with Crippen molar-refractivity contribution in [2.24, 2.45) is 5.92 Å². The number of carbonyl (C=O) groups is 2. The van der Waals surface area contributed by atoms with E-state index in [-0.39, 0.29) is 34.9 Å². The van der Waals surface area contributed by atoms with E-state index in [4.69, 9.17) is 4.74 Å². The number of rotatable bonds is 6. The molecule has 1 saturated heterocycles. The lowest BCUT2D eigenvalue weighted by molar-refractivity contribution is -0.129. The van der Waals surface area contributed by atoms with Gasteiger partial charge in [-0.05, 0) is 31.0 Å². The molecule has 3 rings (SSSR count). The number of methoxy groups -OCH3 is 1. The van der Waals surface area contributed by atoms with Gasteiger partial charge in [-0.3, -0.25) is 9.59 Å². The van der Waals surface area contributed by atoms with Gasteiger partial charge in [-0.25, -0.2) is 12.7 Å². The standard InChI is InChI=1S/C19H27N3O5S/c1-21(2)28(25,26)15-8-9-17(27-3)16(11-15)20-19(24)13-10-18(23)22(12-13)14-6-4-5-7-14/h8-9,11,13-14H,4-7,10,12H2,1-3H3,(H,20,24)/t13-/m0/s1. The van der Waals surface area contributed by atoms with Crippen LogP contribution in [-0.2, 0) is 19.6 Å². The molecule has 1 aliphatic carbocycles. The second-order valence-corrected chi connectivity index (χ2v) is 9.68. The number of amides is 2. The number of nitrogens with zero attached hydrogens (tertiary/aromatic N) is 2. The van der Waals surface area contributed by atoms with Crippen molar-refractivity contribution < 1.29 is 22.7 Å². The summed E-state index contributed by atoms with van der Waals surface area (Å²) >= 11 is 0. The molecule has 9 heteroatoms. The summed E-state index contributed by atoms with van der Waals surface area (Å²) in [5, 5.41) is 2.76. The van der Waals surface area contributed by atoms with Gasteiger partial charge in [0.25, 0.3) is 0 Å². The summed E-state index contributed by atoms with van der Waals surface area (Å²) in [7, 11) is 0.695. The molecule has 2 fully saturated rings. The highest BCUT2D eigenvalue weighted by Crippen LogP contribution is 2.32. The zero-order chi connectivity index (χ0) is 20.5. The Morgan fingerprint density at radius 3 is 2.54 bits per heavy atom. The van der Waals surface area contributed by atoms with Gasteiger partial charge in [0, 0.05) is 33.1 Å². The molecule has 0 unspecified atom stereocenters. The number of ether oxygens (including phenoxy) is 1. The number of benzene rings is 1. The van der Waals surface area contributed by atoms with Crippen LogP contribution in [0.5, 0.6) is 5.75 Å². The number of hydrogen-bond donors (Lipinski definition) is 1. The molecule has 1 saturated carbocycles. The van der Waals surface area contributed by atoms with Gasteiger partial charge in [0.1, 0.15) is 5.75 Å². The van der Waals surface area contributed by atoms with Gasteiger partial charge < -0.3 is 15.0 Å². The number of sulfonamides is 1. The molecule has 1 aliphatic heterocycles. The predicted molar refractivity (Wildman–Crippen MR) is 105 cm³/mol. The fraction of sp³-hybridized carbons (Fsp3) is 0.579. The lowest BCUT2D eigenvalue weighted by atomic mass is 10.1. The maximum Gasteiger partial charge on any atom is 0.242 e. The van der Waals surface area contributed by atoms with Crippen LogP contribution in [0.25, 0.3) is 0 Å². The molecule has 1 N–H and O–H groups in total. The normalized spacial score (nSPS) is 20.8. The number of nitrogens with one attached hydrogen (secondary N) is 1. The molecule has 0 radical (unpaired) electrons. The summed E-state index contributed by atoms with van der Waals surface area (Å²) in [4.78, 5) is 27.0. The van der Waals surface area contributed by atoms with Crippen molar-refractivity contribution in [1.82, 2.24) is 9.21 Å². The molecule has 1 aromatic rings. The van der Waals surface area contributed by atoms with Gasteiger partial charge in [0.2, 0.25) is 21.8 Å². The quantitative estimate of drug-likeness (QED) is 0.771. The molecule has 0 aromatic heterocycles. The molecule has 8 nitrogen and oxygen atoms in total. The first kappa shape index (κ1) is 20.6. The van der Waals surface area contributed by atoms with Crippen molar-refractivity contribution in [3.8, 4) is 5.75 Å². The van der Waals surface area contributed by atoms with E-state index < -0.39 is 15.9 Å². The Labute approximate surface area is 165 Å². The zero-order valence-electron chi connectivity index (χ0n) is 16.5. The third-order valence-corrected chi connectivity index (χ3v) is 7.31. The summed E-state index contributed by atoms with van der Waals surface area (Å²) in [5.74, 6) is -0.371. The van der Waals surface area contributed by atoms with E-state index in [1.807, 2.05) is 4.90 Å². The van der Waals surface area contributed by atoms with Gasteiger partial charge in [-0.1, -0.05) is 12.8 Å². The average molecular weight is 410 g/mol. The smallest absolute Gasteiger partial charge is 0.242 e. The summed E-state index contributed by atoms with van der Waals surface area (Å²) in [5.41, 5.74) is 0.280. The van der Waals surface area contributed by atoms with Crippen LogP contribution in [0, 0.1) is 5.92 Å². The van der Waals surface area contributed by atoms with Crippen LogP contribution in [0.1, 0.15) is 32.1 Å². The van der Waals surface area contributed by atoms with Gasteiger partial charge in [-0.2, -0.15) is 0 Å². The van der Waals surface area contributed by atoms with E-state index in [9.17, 15) is 18.0 Å². The maximum absolute atomic E-state index is 12.8. The Morgan fingerprint density at radius 2 is 1.93 bits per heavy atom. The zero-order valence-corrected chi connectivity index (χ0v) is 17.3. The highest BCUT2D eigenvalue weighted by molar-refractivity contribution is 7.89. The lowest BCUT2D eigenvalue weighted by Crippen LogP contribution is -2.35. The number of carbonyl (C=O) groups excluding carboxylic acids is 2. The van der Waals surface area contributed by atoms with E-state index in [1.165, 1.54) is 39.4 Å². The summed E-state index contributed by atoms with van der Waals surface area (Å²) in [6.45, 7) is 0.410. The molecule has 2 amide bonds. The molecule has 1 heterocycles. The molecule has 0 bridgehead atoms. The minimum Gasteiger partial charge on any atom is -0.495 e. The Balaban J connectivity index is 1.77. The van der Waals surface area contributed by atoms with E-state index in [0.29, 0.717) is 12.3 Å². The highest BCUT2D eigenvalue weighted by atomic mass is 32.2. The lowest BCUT2D eigenvalue weighted by Gasteiger charge is -2.24. The van der Waals surface area contributed by atoms with Crippen LogP contribution in [0.4, 0.5) is 5.69 Å². The topological polar surface area (TPSA) is 96.0 Å². The highest BCUT2D eigenvalue weighted by Gasteiger charge is 2.38. The van der Waals surface area contributed by atoms with Crippen LogP contribution in [-0.4, -0.2) is 63.2 Å². The SMILES string of the molecule is COc1ccc(S(=O)(=O)N(C)C)cc1NC(=O)[C@H]1CC(=O)N(C2CCCC2)C1. The fourth-order valence-corrected chi connectivity index (χ4v) is 4.80. The van der Waals surface area contributed by atoms with E-state index in [2.05, 4.69) is 5.32 Å². The number of hydrogen-bond acceptors (Lipinski definition) is 5. The average Bonchev–Trinajstić information content (AvgIpc) is 3.30. The third kappa shape index (κ3) is 4.00. The molecule has 1 atom stereocenters. The Kier molecular flexibility index (Phi) is 5.95. The second-order valence-electron chi connectivity index (χ2n) is 7.52. The Morgan fingerprint density at radius 1 is 1.25 bits per heavy atom. The van der Waals surface area contributed by atoms with E-state index in [0.717, 1.165) is 30.0 Å². The second kappa shape index (κ2) is 8.08. The van der Waals surface area contributed by atoms with E-state index in [1.54, 1.807) is 0 Å². The van der Waals surface area contributed by atoms with Crippen molar-refractivity contribution >= 4 is 27.5 Å². The minimum atomic E-state index is -3.64. The number of anilines is 1. The third-order valence-electron chi connectivity index (χ3n) is 5.50. The molecular formula is C19H27N3O5S. The van der Waals surface area contributed by atoms with Crippen molar-refractivity contribution in [3.05, 3.63) is 18.2 Å². The van der Waals surface area contributed by atoms with Crippen LogP contribution in [0.3, 0.4) is 0 Å². The van der Waals surface area contributed by atoms with Gasteiger partial charge >= 0.3 is 0 Å². The Bertz CT molecular complexity index is 862. The summed E-state index contributed by atoms with van der Waals surface area (Å²) in [6.07, 6.45) is 4.42. The minimum absolute atomic E-state index is 0.0166. The monoisotopic (exact) mass is 409 g/mol. The molecule has 154 valence electrons. The van der Waals surface area contributed by atoms with Gasteiger partial charge in [0.15, 0.2) is 0 Å². The van der Waals surface area contributed by atoms with Crippen LogP contribution in [0.15, 0.2) is 23.1 Å². The fourth-order valence-electron chi connectivity index (χ4n) is 3.87. The summed E-state index contributed by atoms with van der Waals surface area (Å²) in [6, 6.07) is 4.58. The first-order chi connectivity index (χ1) is 13.2. The first-order valence-electron chi connectivity index (χ1n) is 9.45. The van der Waals surface area contributed by atoms with Gasteiger partial charge in [-0.15, -0.1) is 0 Å². The van der Waals surface area contributed by atoms with Gasteiger partial charge in [0.05, 0.1) is 23.6 Å². The van der Waals surface area contributed by atoms with Crippen molar-refractivity contribution in [3.63, 3.8) is 0 Å². The molecular weight excluding hydrogens is 382 g/mol. The van der Waals surface area contributed by atoms with Crippen molar-refractivity contribution in [2.45, 2.75) is 43.0 Å².